The minimum Gasteiger partial charge on any atom is -0.357 e. The van der Waals surface area contributed by atoms with Crippen LogP contribution in [-0.4, -0.2) is 42.2 Å². The van der Waals surface area contributed by atoms with E-state index in [1.54, 1.807) is 0 Å². The highest BCUT2D eigenvalue weighted by atomic mass is 32.2. The maximum absolute atomic E-state index is 4.42. The van der Waals surface area contributed by atoms with Crippen LogP contribution < -0.4 is 10.2 Å². The fraction of sp³-hybridized carbons (Fsp3) is 0.643. The Morgan fingerprint density at radius 2 is 2.22 bits per heavy atom. The van der Waals surface area contributed by atoms with E-state index < -0.39 is 0 Å². The molecule has 0 aliphatic carbocycles. The SMILES string of the molecule is CSCC(C)NC1CCN(c2ccccn2)CC1. The van der Waals surface area contributed by atoms with E-state index in [2.05, 4.69) is 40.5 Å². The largest absolute Gasteiger partial charge is 0.357 e. The molecule has 0 bridgehead atoms. The first kappa shape index (κ1) is 13.7. The van der Waals surface area contributed by atoms with E-state index in [0.717, 1.165) is 18.9 Å². The zero-order valence-corrected chi connectivity index (χ0v) is 12.1. The molecule has 1 unspecified atom stereocenters. The first-order chi connectivity index (χ1) is 8.79. The van der Waals surface area contributed by atoms with Crippen molar-refractivity contribution in [3.63, 3.8) is 0 Å². The van der Waals surface area contributed by atoms with Crippen molar-refractivity contribution in [2.75, 3.05) is 30.0 Å². The third kappa shape index (κ3) is 3.89. The summed E-state index contributed by atoms with van der Waals surface area (Å²) in [4.78, 5) is 6.81. The molecule has 0 aromatic carbocycles. The molecule has 0 amide bonds. The topological polar surface area (TPSA) is 28.2 Å². The van der Waals surface area contributed by atoms with Gasteiger partial charge in [0.2, 0.25) is 0 Å². The van der Waals surface area contributed by atoms with Gasteiger partial charge in [0.05, 0.1) is 0 Å². The molecule has 1 N–H and O–H groups in total. The Labute approximate surface area is 114 Å². The van der Waals surface area contributed by atoms with Crippen molar-refractivity contribution in [2.45, 2.75) is 31.8 Å². The lowest BCUT2D eigenvalue weighted by Gasteiger charge is -2.34. The molecule has 2 heterocycles. The number of hydrogen-bond acceptors (Lipinski definition) is 4. The van der Waals surface area contributed by atoms with Crippen LogP contribution in [0.5, 0.6) is 0 Å². The van der Waals surface area contributed by atoms with E-state index in [1.165, 1.54) is 18.6 Å². The van der Waals surface area contributed by atoms with Gasteiger partial charge in [0, 0.05) is 37.1 Å². The smallest absolute Gasteiger partial charge is 0.128 e. The maximum Gasteiger partial charge on any atom is 0.128 e. The summed E-state index contributed by atoms with van der Waals surface area (Å²) in [5.74, 6) is 2.31. The van der Waals surface area contributed by atoms with Gasteiger partial charge < -0.3 is 10.2 Å². The summed E-state index contributed by atoms with van der Waals surface area (Å²) >= 11 is 1.91. The Bertz CT molecular complexity index is 336. The molecule has 1 aromatic rings. The van der Waals surface area contributed by atoms with Gasteiger partial charge in [-0.25, -0.2) is 4.98 Å². The number of aromatic nitrogens is 1. The molecule has 0 spiro atoms. The minimum absolute atomic E-state index is 0.617. The zero-order chi connectivity index (χ0) is 12.8. The van der Waals surface area contributed by atoms with Crippen molar-refractivity contribution in [2.24, 2.45) is 0 Å². The van der Waals surface area contributed by atoms with Crippen LogP contribution in [0.15, 0.2) is 24.4 Å². The molecule has 1 fully saturated rings. The molecule has 1 atom stereocenters. The van der Waals surface area contributed by atoms with Gasteiger partial charge in [0.1, 0.15) is 5.82 Å². The molecule has 4 heteroatoms. The van der Waals surface area contributed by atoms with Crippen LogP contribution in [0.25, 0.3) is 0 Å². The Balaban J connectivity index is 1.78. The standard InChI is InChI=1S/C14H23N3S/c1-12(11-18-2)16-13-6-9-17(10-7-13)14-5-3-4-8-15-14/h3-5,8,12-13,16H,6-7,9-11H2,1-2H3. The second kappa shape index (κ2) is 7.00. The summed E-state index contributed by atoms with van der Waals surface area (Å²) < 4.78 is 0. The van der Waals surface area contributed by atoms with Crippen LogP contribution in [0, 0.1) is 0 Å². The van der Waals surface area contributed by atoms with Gasteiger partial charge in [-0.1, -0.05) is 6.07 Å². The van der Waals surface area contributed by atoms with E-state index in [0.29, 0.717) is 12.1 Å². The second-order valence-corrected chi connectivity index (χ2v) is 5.88. The van der Waals surface area contributed by atoms with Crippen LogP contribution in [0.1, 0.15) is 19.8 Å². The Kier molecular flexibility index (Phi) is 5.32. The van der Waals surface area contributed by atoms with Gasteiger partial charge >= 0.3 is 0 Å². The molecule has 1 aliphatic heterocycles. The lowest BCUT2D eigenvalue weighted by Crippen LogP contribution is -2.46. The maximum atomic E-state index is 4.42. The molecule has 100 valence electrons. The van der Waals surface area contributed by atoms with Crippen LogP contribution in [0.2, 0.25) is 0 Å². The molecule has 18 heavy (non-hydrogen) atoms. The van der Waals surface area contributed by atoms with Crippen molar-refractivity contribution >= 4 is 17.6 Å². The number of thioether (sulfide) groups is 1. The lowest BCUT2D eigenvalue weighted by molar-refractivity contribution is 0.388. The highest BCUT2D eigenvalue weighted by Gasteiger charge is 2.20. The average Bonchev–Trinajstić information content (AvgIpc) is 2.41. The molecule has 3 nitrogen and oxygen atoms in total. The molecule has 1 aromatic heterocycles. The summed E-state index contributed by atoms with van der Waals surface area (Å²) in [5.41, 5.74) is 0. The fourth-order valence-corrected chi connectivity index (χ4v) is 3.11. The van der Waals surface area contributed by atoms with Crippen LogP contribution in [0.4, 0.5) is 5.82 Å². The van der Waals surface area contributed by atoms with Gasteiger partial charge in [-0.3, -0.25) is 0 Å². The van der Waals surface area contributed by atoms with Crippen LogP contribution >= 0.6 is 11.8 Å². The van der Waals surface area contributed by atoms with Gasteiger partial charge in [-0.2, -0.15) is 11.8 Å². The van der Waals surface area contributed by atoms with Crippen molar-refractivity contribution in [3.05, 3.63) is 24.4 Å². The number of pyridine rings is 1. The molecule has 1 saturated heterocycles. The Morgan fingerprint density at radius 1 is 1.44 bits per heavy atom. The minimum atomic E-state index is 0.617. The molecular formula is C14H23N3S. The highest BCUT2D eigenvalue weighted by Crippen LogP contribution is 2.17. The van der Waals surface area contributed by atoms with Gasteiger partial charge in [-0.05, 0) is 38.2 Å². The van der Waals surface area contributed by atoms with Gasteiger partial charge in [-0.15, -0.1) is 0 Å². The predicted molar refractivity (Wildman–Crippen MR) is 80.5 cm³/mol. The number of piperidine rings is 1. The molecule has 0 radical (unpaired) electrons. The van der Waals surface area contributed by atoms with E-state index in [4.69, 9.17) is 0 Å². The number of anilines is 1. The number of nitrogens with one attached hydrogen (secondary N) is 1. The summed E-state index contributed by atoms with van der Waals surface area (Å²) in [6.07, 6.45) is 6.48. The summed E-state index contributed by atoms with van der Waals surface area (Å²) in [7, 11) is 0. The first-order valence-electron chi connectivity index (χ1n) is 6.70. The van der Waals surface area contributed by atoms with Crippen molar-refractivity contribution in [1.29, 1.82) is 0 Å². The third-order valence-corrected chi connectivity index (χ3v) is 4.24. The predicted octanol–water partition coefficient (Wildman–Crippen LogP) is 2.39. The van der Waals surface area contributed by atoms with E-state index in [9.17, 15) is 0 Å². The molecular weight excluding hydrogens is 242 g/mol. The Morgan fingerprint density at radius 3 is 2.83 bits per heavy atom. The van der Waals surface area contributed by atoms with Crippen molar-refractivity contribution < 1.29 is 0 Å². The lowest BCUT2D eigenvalue weighted by atomic mass is 10.0. The van der Waals surface area contributed by atoms with E-state index in [-0.39, 0.29) is 0 Å². The quantitative estimate of drug-likeness (QED) is 0.885. The summed E-state index contributed by atoms with van der Waals surface area (Å²) in [6, 6.07) is 7.43. The van der Waals surface area contributed by atoms with E-state index in [1.807, 2.05) is 24.0 Å². The monoisotopic (exact) mass is 265 g/mol. The summed E-state index contributed by atoms with van der Waals surface area (Å²) in [6.45, 7) is 4.50. The normalized spacial score (nSPS) is 18.9. The van der Waals surface area contributed by atoms with Gasteiger partial charge in [0.25, 0.3) is 0 Å². The highest BCUT2D eigenvalue weighted by molar-refractivity contribution is 7.98. The zero-order valence-electron chi connectivity index (χ0n) is 11.3. The summed E-state index contributed by atoms with van der Waals surface area (Å²) in [5, 5.41) is 3.72. The number of hydrogen-bond donors (Lipinski definition) is 1. The van der Waals surface area contributed by atoms with Crippen molar-refractivity contribution in [3.8, 4) is 0 Å². The molecule has 1 aliphatic rings. The van der Waals surface area contributed by atoms with Gasteiger partial charge in [0.15, 0.2) is 0 Å². The van der Waals surface area contributed by atoms with Crippen LogP contribution in [-0.2, 0) is 0 Å². The fourth-order valence-electron chi connectivity index (χ4n) is 2.52. The second-order valence-electron chi connectivity index (χ2n) is 4.97. The first-order valence-corrected chi connectivity index (χ1v) is 8.10. The Hall–Kier alpha value is -0.740. The van der Waals surface area contributed by atoms with Crippen LogP contribution in [0.3, 0.4) is 0 Å². The third-order valence-electron chi connectivity index (χ3n) is 3.41. The molecule has 2 rings (SSSR count). The van der Waals surface area contributed by atoms with E-state index >= 15 is 0 Å². The average molecular weight is 265 g/mol. The number of nitrogens with zero attached hydrogens (tertiary/aromatic N) is 2. The number of rotatable bonds is 5. The molecule has 0 saturated carbocycles. The van der Waals surface area contributed by atoms with Crippen molar-refractivity contribution in [1.82, 2.24) is 10.3 Å².